The summed E-state index contributed by atoms with van der Waals surface area (Å²) < 4.78 is 26.2. The molecule has 0 radical (unpaired) electrons. The topological polar surface area (TPSA) is 65.0 Å². The molecule has 0 heterocycles. The van der Waals surface area contributed by atoms with E-state index < -0.39 is 10.0 Å². The van der Waals surface area contributed by atoms with Crippen LogP contribution >= 0.6 is 24.0 Å². The van der Waals surface area contributed by atoms with E-state index in [4.69, 9.17) is 0 Å². The van der Waals surface area contributed by atoms with E-state index in [1.807, 2.05) is 38.0 Å². The summed E-state index contributed by atoms with van der Waals surface area (Å²) in [6, 6.07) is 0. The number of nitrogens with zero attached hydrogens (tertiary/aromatic N) is 3. The molecule has 0 unspecified atom stereocenters. The Morgan fingerprint density at radius 3 is 2.15 bits per heavy atom. The molecule has 0 aromatic rings. The van der Waals surface area contributed by atoms with Gasteiger partial charge < -0.3 is 9.80 Å². The number of rotatable bonds is 6. The van der Waals surface area contributed by atoms with Gasteiger partial charge in [0.1, 0.15) is 0 Å². The van der Waals surface area contributed by atoms with Gasteiger partial charge in [-0.15, -0.1) is 24.0 Å². The van der Waals surface area contributed by atoms with Crippen LogP contribution in [0.3, 0.4) is 0 Å². The first-order valence-electron chi connectivity index (χ1n) is 6.68. The first-order chi connectivity index (χ1) is 8.82. The van der Waals surface area contributed by atoms with E-state index in [-0.39, 0.29) is 36.3 Å². The van der Waals surface area contributed by atoms with E-state index in [1.165, 1.54) is 6.42 Å². The molecule has 0 aliphatic heterocycles. The number of halogens is 1. The fourth-order valence-electron chi connectivity index (χ4n) is 1.96. The normalized spacial score (nSPS) is 15.0. The van der Waals surface area contributed by atoms with Crippen LogP contribution in [0.1, 0.15) is 19.3 Å². The molecule has 1 saturated carbocycles. The van der Waals surface area contributed by atoms with Gasteiger partial charge in [-0.1, -0.05) is 6.42 Å². The van der Waals surface area contributed by atoms with E-state index in [9.17, 15) is 8.42 Å². The Kier molecular flexibility index (Phi) is 8.99. The average Bonchev–Trinajstić information content (AvgIpc) is 2.20. The predicted molar refractivity (Wildman–Crippen MR) is 94.2 cm³/mol. The van der Waals surface area contributed by atoms with Gasteiger partial charge in [0.05, 0.1) is 12.3 Å². The lowest BCUT2D eigenvalue weighted by Crippen LogP contribution is -2.37. The number of hydrogen-bond acceptors (Lipinski definition) is 3. The summed E-state index contributed by atoms with van der Waals surface area (Å²) in [6.07, 6.45) is 3.52. The fourth-order valence-corrected chi connectivity index (χ4v) is 2.93. The van der Waals surface area contributed by atoms with Crippen LogP contribution in [0.4, 0.5) is 0 Å². The minimum atomic E-state index is -3.19. The molecule has 20 heavy (non-hydrogen) atoms. The standard InChI is InChI=1S/C12H26N4O2S.HI/c1-15(2)12(16(3)4)13-8-9-19(17,18)14-10-11-6-5-7-11;/h11,14H,5-10H2,1-4H3;1H. The lowest BCUT2D eigenvalue weighted by atomic mass is 9.86. The van der Waals surface area contributed by atoms with Gasteiger partial charge in [0.15, 0.2) is 5.96 Å². The fraction of sp³-hybridized carbons (Fsp3) is 0.917. The number of hydrogen-bond donors (Lipinski definition) is 1. The number of nitrogens with one attached hydrogen (secondary N) is 1. The van der Waals surface area contributed by atoms with Crippen LogP contribution in [0.5, 0.6) is 0 Å². The summed E-state index contributed by atoms with van der Waals surface area (Å²) >= 11 is 0. The summed E-state index contributed by atoms with van der Waals surface area (Å²) in [5.41, 5.74) is 0. The van der Waals surface area contributed by atoms with Crippen molar-refractivity contribution in [3.8, 4) is 0 Å². The van der Waals surface area contributed by atoms with Crippen molar-refractivity contribution in [2.75, 3.05) is 47.0 Å². The Balaban J connectivity index is 0.00000361. The lowest BCUT2D eigenvalue weighted by molar-refractivity contribution is 0.316. The first kappa shape index (κ1) is 19.9. The Hall–Kier alpha value is -0.0900. The molecule has 0 spiro atoms. The van der Waals surface area contributed by atoms with Crippen molar-refractivity contribution in [2.45, 2.75) is 19.3 Å². The van der Waals surface area contributed by atoms with Crippen molar-refractivity contribution in [1.82, 2.24) is 14.5 Å². The molecule has 1 aliphatic rings. The van der Waals surface area contributed by atoms with Crippen LogP contribution in [0.2, 0.25) is 0 Å². The minimum Gasteiger partial charge on any atom is -0.349 e. The number of guanidine groups is 1. The third-order valence-corrected chi connectivity index (χ3v) is 4.56. The zero-order valence-corrected chi connectivity index (χ0v) is 15.9. The van der Waals surface area contributed by atoms with E-state index >= 15 is 0 Å². The smallest absolute Gasteiger partial charge is 0.213 e. The first-order valence-corrected chi connectivity index (χ1v) is 8.33. The molecule has 120 valence electrons. The Labute approximate surface area is 140 Å². The third-order valence-electron chi connectivity index (χ3n) is 3.23. The van der Waals surface area contributed by atoms with Crippen LogP contribution in [-0.2, 0) is 10.0 Å². The second-order valence-corrected chi connectivity index (χ2v) is 7.36. The molecule has 0 amide bonds. The van der Waals surface area contributed by atoms with E-state index in [0.717, 1.165) is 18.8 Å². The molecule has 0 atom stereocenters. The van der Waals surface area contributed by atoms with Crippen molar-refractivity contribution < 1.29 is 8.42 Å². The quantitative estimate of drug-likeness (QED) is 0.394. The van der Waals surface area contributed by atoms with Gasteiger partial charge in [0, 0.05) is 34.7 Å². The maximum Gasteiger partial charge on any atom is 0.213 e. The summed E-state index contributed by atoms with van der Waals surface area (Å²) in [7, 11) is 4.37. The van der Waals surface area contributed by atoms with Crippen molar-refractivity contribution in [3.63, 3.8) is 0 Å². The minimum absolute atomic E-state index is 0. The molecule has 1 rings (SSSR count). The zero-order chi connectivity index (χ0) is 14.5. The highest BCUT2D eigenvalue weighted by atomic mass is 127. The SMILES string of the molecule is CN(C)C(=NCCS(=O)(=O)NCC1CCC1)N(C)C.I. The monoisotopic (exact) mass is 418 g/mol. The van der Waals surface area contributed by atoms with Gasteiger partial charge in [-0.3, -0.25) is 4.99 Å². The Morgan fingerprint density at radius 1 is 1.20 bits per heavy atom. The summed E-state index contributed by atoms with van der Waals surface area (Å²) in [4.78, 5) is 8.06. The van der Waals surface area contributed by atoms with Gasteiger partial charge in [-0.05, 0) is 18.8 Å². The molecule has 0 aromatic heterocycles. The van der Waals surface area contributed by atoms with Crippen molar-refractivity contribution in [1.29, 1.82) is 0 Å². The summed E-state index contributed by atoms with van der Waals surface area (Å²) in [5.74, 6) is 1.36. The van der Waals surface area contributed by atoms with Gasteiger partial charge in [-0.25, -0.2) is 13.1 Å². The van der Waals surface area contributed by atoms with Crippen LogP contribution < -0.4 is 4.72 Å². The summed E-state index contributed by atoms with van der Waals surface area (Å²) in [5, 5.41) is 0. The molecule has 0 bridgehead atoms. The van der Waals surface area contributed by atoms with Gasteiger partial charge in [-0.2, -0.15) is 0 Å². The van der Waals surface area contributed by atoms with Crippen LogP contribution in [0.25, 0.3) is 0 Å². The number of sulfonamides is 1. The van der Waals surface area contributed by atoms with Crippen molar-refractivity contribution >= 4 is 40.0 Å². The Bertz CT molecular complexity index is 396. The zero-order valence-electron chi connectivity index (χ0n) is 12.8. The molecular weight excluding hydrogens is 391 g/mol. The predicted octanol–water partition coefficient (Wildman–Crippen LogP) is 0.803. The highest BCUT2D eigenvalue weighted by Gasteiger charge is 2.20. The van der Waals surface area contributed by atoms with E-state index in [0.29, 0.717) is 12.5 Å². The van der Waals surface area contributed by atoms with Crippen LogP contribution in [0.15, 0.2) is 4.99 Å². The third kappa shape index (κ3) is 7.07. The van der Waals surface area contributed by atoms with Crippen molar-refractivity contribution in [2.24, 2.45) is 10.9 Å². The van der Waals surface area contributed by atoms with E-state index in [2.05, 4.69) is 9.71 Å². The van der Waals surface area contributed by atoms with Crippen LogP contribution in [0, 0.1) is 5.92 Å². The van der Waals surface area contributed by atoms with Crippen LogP contribution in [-0.4, -0.2) is 71.2 Å². The highest BCUT2D eigenvalue weighted by Crippen LogP contribution is 2.25. The molecule has 0 aromatic carbocycles. The summed E-state index contributed by atoms with van der Waals surface area (Å²) in [6.45, 7) is 0.867. The van der Waals surface area contributed by atoms with Crippen molar-refractivity contribution in [3.05, 3.63) is 0 Å². The molecular formula is C12H27IN4O2S. The van der Waals surface area contributed by atoms with Gasteiger partial charge in [0.2, 0.25) is 10.0 Å². The van der Waals surface area contributed by atoms with E-state index in [1.54, 1.807) is 0 Å². The largest absolute Gasteiger partial charge is 0.349 e. The molecule has 6 nitrogen and oxygen atoms in total. The Morgan fingerprint density at radius 2 is 1.75 bits per heavy atom. The maximum absolute atomic E-state index is 11.8. The van der Waals surface area contributed by atoms with Gasteiger partial charge >= 0.3 is 0 Å². The highest BCUT2D eigenvalue weighted by molar-refractivity contribution is 14.0. The molecule has 8 heteroatoms. The second-order valence-electron chi connectivity index (χ2n) is 5.43. The molecule has 0 saturated heterocycles. The number of aliphatic imine (C=N–C) groups is 1. The molecule has 1 fully saturated rings. The lowest BCUT2D eigenvalue weighted by Gasteiger charge is -2.25. The molecule has 1 N–H and O–H groups in total. The average molecular weight is 418 g/mol. The molecule has 1 aliphatic carbocycles. The second kappa shape index (κ2) is 9.04. The maximum atomic E-state index is 11.8. The van der Waals surface area contributed by atoms with Gasteiger partial charge in [0.25, 0.3) is 0 Å².